The third-order valence-corrected chi connectivity index (χ3v) is 4.28. The third-order valence-electron chi connectivity index (χ3n) is 3.69. The average Bonchev–Trinajstić information content (AvgIpc) is 2.67. The summed E-state index contributed by atoms with van der Waals surface area (Å²) in [4.78, 5) is 33.0. The number of rotatable bonds is 9. The van der Waals surface area contributed by atoms with Crippen LogP contribution < -0.4 is 14.8 Å². The summed E-state index contributed by atoms with van der Waals surface area (Å²) in [5.41, 5.74) is 0.725. The molecule has 0 aliphatic heterocycles. The van der Waals surface area contributed by atoms with Crippen molar-refractivity contribution in [3.05, 3.63) is 67.8 Å². The fraction of sp³-hybridized carbons (Fsp3) is 0.200. The highest BCUT2D eigenvalue weighted by atomic mass is 79.9. The average molecular weight is 479 g/mol. The lowest BCUT2D eigenvalue weighted by Gasteiger charge is -2.15. The van der Waals surface area contributed by atoms with Crippen molar-refractivity contribution in [1.29, 1.82) is 0 Å². The van der Waals surface area contributed by atoms with Crippen molar-refractivity contribution in [2.75, 3.05) is 6.61 Å². The van der Waals surface area contributed by atoms with Crippen LogP contribution in [0.2, 0.25) is 0 Å². The number of nitro groups is 1. The lowest BCUT2D eigenvalue weighted by atomic mass is 10.1. The van der Waals surface area contributed by atoms with Gasteiger partial charge in [-0.05, 0) is 52.2 Å². The molecule has 0 bridgehead atoms. The second-order valence-corrected chi connectivity index (χ2v) is 6.88. The van der Waals surface area contributed by atoms with E-state index < -0.39 is 16.8 Å². The molecule has 0 saturated carbocycles. The lowest BCUT2D eigenvalue weighted by Crippen LogP contribution is -2.24. The third kappa shape index (κ3) is 6.31. The Bertz CT molecular complexity index is 1000. The second kappa shape index (κ2) is 10.4. The van der Waals surface area contributed by atoms with Crippen molar-refractivity contribution < 1.29 is 29.1 Å². The van der Waals surface area contributed by atoms with E-state index in [0.29, 0.717) is 33.7 Å². The number of amides is 1. The first-order valence-corrected chi connectivity index (χ1v) is 9.55. The number of hydrogen-bond donors (Lipinski definition) is 2. The predicted octanol–water partition coefficient (Wildman–Crippen LogP) is 3.90. The molecule has 0 aliphatic rings. The molecule has 0 atom stereocenters. The molecule has 0 saturated heterocycles. The van der Waals surface area contributed by atoms with Gasteiger partial charge in [0.05, 0.1) is 16.0 Å². The molecule has 0 aromatic heterocycles. The summed E-state index contributed by atoms with van der Waals surface area (Å²) in [6.07, 6.45) is 1.29. The molecule has 2 aromatic rings. The van der Waals surface area contributed by atoms with Crippen LogP contribution in [0.1, 0.15) is 25.0 Å². The summed E-state index contributed by atoms with van der Waals surface area (Å²) in [7, 11) is 0. The number of benzene rings is 2. The van der Waals surface area contributed by atoms with Gasteiger partial charge < -0.3 is 19.9 Å². The Morgan fingerprint density at radius 2 is 2.00 bits per heavy atom. The van der Waals surface area contributed by atoms with Crippen LogP contribution >= 0.6 is 15.9 Å². The molecule has 0 heterocycles. The Labute approximate surface area is 180 Å². The van der Waals surface area contributed by atoms with Gasteiger partial charge in [0.25, 0.3) is 5.69 Å². The van der Waals surface area contributed by atoms with Crippen LogP contribution in [0.25, 0.3) is 6.08 Å². The number of nitrogens with one attached hydrogen (secondary N) is 1. The normalized spacial score (nSPS) is 11.0. The summed E-state index contributed by atoms with van der Waals surface area (Å²) < 4.78 is 11.9. The lowest BCUT2D eigenvalue weighted by molar-refractivity contribution is -0.384. The molecular formula is C20H19BrN2O7. The van der Waals surface area contributed by atoms with Gasteiger partial charge in [0.15, 0.2) is 11.5 Å². The number of carboxylic acids is 1. The van der Waals surface area contributed by atoms with Gasteiger partial charge in [-0.1, -0.05) is 12.1 Å². The van der Waals surface area contributed by atoms with E-state index in [9.17, 15) is 24.8 Å². The smallest absolute Gasteiger partial charge is 0.352 e. The van der Waals surface area contributed by atoms with Gasteiger partial charge in [-0.25, -0.2) is 4.79 Å². The van der Waals surface area contributed by atoms with Crippen molar-refractivity contribution in [3.8, 4) is 11.5 Å². The minimum absolute atomic E-state index is 0.0418. The van der Waals surface area contributed by atoms with Crippen LogP contribution in [0.5, 0.6) is 11.5 Å². The molecular weight excluding hydrogens is 460 g/mol. The second-order valence-electron chi connectivity index (χ2n) is 6.02. The summed E-state index contributed by atoms with van der Waals surface area (Å²) in [6.45, 7) is 3.37. The van der Waals surface area contributed by atoms with Crippen LogP contribution in [0.15, 0.2) is 46.6 Å². The van der Waals surface area contributed by atoms with Gasteiger partial charge in [-0.15, -0.1) is 0 Å². The highest BCUT2D eigenvalue weighted by Crippen LogP contribution is 2.38. The van der Waals surface area contributed by atoms with Crippen LogP contribution in [-0.2, 0) is 16.2 Å². The van der Waals surface area contributed by atoms with E-state index in [2.05, 4.69) is 21.2 Å². The number of carbonyl (C=O) groups is 2. The van der Waals surface area contributed by atoms with Crippen LogP contribution in [0, 0.1) is 10.1 Å². The molecule has 2 N–H and O–H groups in total. The molecule has 2 rings (SSSR count). The van der Waals surface area contributed by atoms with Gasteiger partial charge in [0.1, 0.15) is 12.3 Å². The van der Waals surface area contributed by atoms with Gasteiger partial charge in [-0.2, -0.15) is 0 Å². The number of non-ortho nitro benzene ring substituents is 1. The zero-order chi connectivity index (χ0) is 22.3. The van der Waals surface area contributed by atoms with E-state index >= 15 is 0 Å². The van der Waals surface area contributed by atoms with Crippen molar-refractivity contribution in [3.63, 3.8) is 0 Å². The Morgan fingerprint density at radius 3 is 2.60 bits per heavy atom. The summed E-state index contributed by atoms with van der Waals surface area (Å²) in [5, 5.41) is 22.4. The zero-order valence-electron chi connectivity index (χ0n) is 16.2. The van der Waals surface area contributed by atoms with Gasteiger partial charge >= 0.3 is 5.97 Å². The first kappa shape index (κ1) is 22.9. The molecule has 0 unspecified atom stereocenters. The number of aliphatic carboxylic acids is 1. The van der Waals surface area contributed by atoms with Crippen molar-refractivity contribution in [2.45, 2.75) is 20.5 Å². The van der Waals surface area contributed by atoms with E-state index in [4.69, 9.17) is 9.47 Å². The molecule has 30 heavy (non-hydrogen) atoms. The molecule has 0 aliphatic carbocycles. The summed E-state index contributed by atoms with van der Waals surface area (Å²) >= 11 is 3.38. The maximum atomic E-state index is 11.3. The first-order valence-electron chi connectivity index (χ1n) is 8.76. The molecule has 9 nitrogen and oxygen atoms in total. The minimum atomic E-state index is -1.29. The number of nitro benzene ring substituents is 1. The van der Waals surface area contributed by atoms with Crippen molar-refractivity contribution >= 4 is 39.6 Å². The zero-order valence-corrected chi connectivity index (χ0v) is 17.8. The molecule has 0 spiro atoms. The molecule has 158 valence electrons. The Balaban J connectivity index is 2.34. The summed E-state index contributed by atoms with van der Waals surface area (Å²) in [5.74, 6) is -1.09. The number of carbonyl (C=O) groups excluding carboxylic acids is 1. The topological polar surface area (TPSA) is 128 Å². The van der Waals surface area contributed by atoms with Crippen LogP contribution in [0.4, 0.5) is 5.69 Å². The maximum Gasteiger partial charge on any atom is 0.352 e. The fourth-order valence-electron chi connectivity index (χ4n) is 2.50. The highest BCUT2D eigenvalue weighted by molar-refractivity contribution is 9.10. The number of nitrogens with zero attached hydrogens (tertiary/aromatic N) is 1. The van der Waals surface area contributed by atoms with E-state index in [1.165, 1.54) is 25.1 Å². The fourth-order valence-corrected chi connectivity index (χ4v) is 3.07. The van der Waals surface area contributed by atoms with E-state index in [-0.39, 0.29) is 18.0 Å². The minimum Gasteiger partial charge on any atom is -0.490 e. The molecule has 2 aromatic carbocycles. The Morgan fingerprint density at radius 1 is 1.27 bits per heavy atom. The van der Waals surface area contributed by atoms with Crippen molar-refractivity contribution in [2.24, 2.45) is 0 Å². The quantitative estimate of drug-likeness (QED) is 0.317. The number of halogens is 1. The van der Waals surface area contributed by atoms with Crippen LogP contribution in [0.3, 0.4) is 0 Å². The van der Waals surface area contributed by atoms with Crippen LogP contribution in [-0.4, -0.2) is 28.5 Å². The van der Waals surface area contributed by atoms with E-state index in [1.54, 1.807) is 31.2 Å². The Kier molecular flexibility index (Phi) is 7.93. The SMILES string of the molecule is CCOc1cc(/C=C(/NC(C)=O)C(=O)O)cc(Br)c1OCc1cccc([N+](=O)[O-])c1. The van der Waals surface area contributed by atoms with Gasteiger partial charge in [-0.3, -0.25) is 14.9 Å². The summed E-state index contributed by atoms with van der Waals surface area (Å²) in [6, 6.07) is 9.25. The molecule has 10 heteroatoms. The monoisotopic (exact) mass is 478 g/mol. The Hall–Kier alpha value is -3.40. The standard InChI is InChI=1S/C20H19BrN2O7/c1-3-29-18-10-14(9-17(20(25)26)22-12(2)24)8-16(21)19(18)30-11-13-5-4-6-15(7-13)23(27)28/h4-10H,3,11H2,1-2H3,(H,22,24)(H,25,26)/b17-9+. The van der Waals surface area contributed by atoms with Gasteiger partial charge in [0, 0.05) is 19.1 Å². The predicted molar refractivity (Wildman–Crippen MR) is 112 cm³/mol. The number of carboxylic acid groups (broad SMARTS) is 1. The first-order chi connectivity index (χ1) is 14.2. The van der Waals surface area contributed by atoms with E-state index in [1.807, 2.05) is 0 Å². The van der Waals surface area contributed by atoms with Gasteiger partial charge in [0.2, 0.25) is 5.91 Å². The number of ether oxygens (including phenoxy) is 2. The maximum absolute atomic E-state index is 11.3. The largest absolute Gasteiger partial charge is 0.490 e. The highest BCUT2D eigenvalue weighted by Gasteiger charge is 2.15. The molecule has 0 radical (unpaired) electrons. The molecule has 1 amide bonds. The number of hydrogen-bond acceptors (Lipinski definition) is 6. The van der Waals surface area contributed by atoms with E-state index in [0.717, 1.165) is 0 Å². The molecule has 0 fully saturated rings. The van der Waals surface area contributed by atoms with Crippen molar-refractivity contribution in [1.82, 2.24) is 5.32 Å².